The molecular weight excluding hydrogens is 178 g/mol. The van der Waals surface area contributed by atoms with E-state index in [-0.39, 0.29) is 0 Å². The summed E-state index contributed by atoms with van der Waals surface area (Å²) < 4.78 is 24.7. The molecule has 0 unspecified atom stereocenters. The fraction of sp³-hybridized carbons (Fsp3) is 0.143. The van der Waals surface area contributed by atoms with E-state index in [0.717, 1.165) is 0 Å². The van der Waals surface area contributed by atoms with Crippen molar-refractivity contribution in [3.8, 4) is 0 Å². The predicted molar refractivity (Wildman–Crippen MR) is 42.1 cm³/mol. The summed E-state index contributed by atoms with van der Waals surface area (Å²) in [5, 5.41) is 7.19. The van der Waals surface area contributed by atoms with E-state index in [4.69, 9.17) is 0 Å². The first-order valence-electron chi connectivity index (χ1n) is 3.53. The fourth-order valence-electron chi connectivity index (χ4n) is 0.959. The lowest BCUT2D eigenvalue weighted by atomic mass is 10.3. The highest BCUT2D eigenvalue weighted by Crippen LogP contribution is 2.18. The Balaban J connectivity index is 2.27. The maximum atomic E-state index is 12.1. The Kier molecular flexibility index (Phi) is 1.80. The van der Waals surface area contributed by atoms with E-state index < -0.39 is 6.55 Å². The van der Waals surface area contributed by atoms with Gasteiger partial charge in [-0.25, -0.2) is 15.0 Å². The average molecular weight is 183 g/mol. The number of aliphatic imine (C=N–C) groups is 1. The molecule has 13 heavy (non-hydrogen) atoms. The van der Waals surface area contributed by atoms with Crippen molar-refractivity contribution in [2.45, 2.75) is 6.55 Å². The summed E-state index contributed by atoms with van der Waals surface area (Å²) in [4.78, 5) is 3.85. The molecule has 0 N–H and O–H groups in total. The van der Waals surface area contributed by atoms with E-state index in [9.17, 15) is 8.78 Å². The van der Waals surface area contributed by atoms with E-state index in [1.54, 1.807) is 0 Å². The van der Waals surface area contributed by atoms with Crippen molar-refractivity contribution in [3.63, 3.8) is 0 Å². The minimum Gasteiger partial charge on any atom is -0.243 e. The van der Waals surface area contributed by atoms with Gasteiger partial charge in [0.05, 0.1) is 18.1 Å². The minimum atomic E-state index is -2.61. The zero-order valence-corrected chi connectivity index (χ0v) is 6.43. The Labute approximate surface area is 72.6 Å². The summed E-state index contributed by atoms with van der Waals surface area (Å²) in [7, 11) is 0. The Bertz CT molecular complexity index is 366. The Morgan fingerprint density at radius 3 is 2.77 bits per heavy atom. The van der Waals surface area contributed by atoms with Gasteiger partial charge in [-0.15, -0.1) is 0 Å². The monoisotopic (exact) mass is 183 g/mol. The predicted octanol–water partition coefficient (Wildman–Crippen LogP) is 1.22. The van der Waals surface area contributed by atoms with Crippen LogP contribution in [0.2, 0.25) is 0 Å². The molecule has 0 saturated heterocycles. The molecule has 0 aliphatic carbocycles. The van der Waals surface area contributed by atoms with Crippen LogP contribution in [0.3, 0.4) is 0 Å². The largest absolute Gasteiger partial charge is 0.333 e. The highest BCUT2D eigenvalue weighted by molar-refractivity contribution is 5.78. The summed E-state index contributed by atoms with van der Waals surface area (Å²) in [5.74, 6) is 0. The third-order valence-corrected chi connectivity index (χ3v) is 1.56. The van der Waals surface area contributed by atoms with Gasteiger partial charge >= 0.3 is 6.55 Å². The molecule has 67 valence electrons. The second-order valence-electron chi connectivity index (χ2n) is 2.39. The van der Waals surface area contributed by atoms with Crippen LogP contribution in [0.5, 0.6) is 0 Å². The molecule has 1 aromatic heterocycles. The van der Waals surface area contributed by atoms with Crippen LogP contribution >= 0.6 is 0 Å². The van der Waals surface area contributed by atoms with Gasteiger partial charge in [-0.05, 0) is 0 Å². The van der Waals surface area contributed by atoms with Gasteiger partial charge in [0.1, 0.15) is 6.34 Å². The average Bonchev–Trinajstić information content (AvgIpc) is 2.75. The van der Waals surface area contributed by atoms with Crippen molar-refractivity contribution in [3.05, 3.63) is 24.2 Å². The van der Waals surface area contributed by atoms with Crippen molar-refractivity contribution >= 4 is 12.0 Å². The molecule has 4 nitrogen and oxygen atoms in total. The molecular formula is C7H5F2N4. The summed E-state index contributed by atoms with van der Waals surface area (Å²) in [6, 6.07) is 0. The number of hydrogen-bond acceptors (Lipinski definition) is 2. The van der Waals surface area contributed by atoms with Crippen molar-refractivity contribution in [2.75, 3.05) is 0 Å². The number of aromatic nitrogens is 2. The minimum absolute atomic E-state index is 0.540. The second kappa shape index (κ2) is 2.96. The maximum absolute atomic E-state index is 12.1. The highest BCUT2D eigenvalue weighted by atomic mass is 19.3. The Morgan fingerprint density at radius 2 is 2.23 bits per heavy atom. The Morgan fingerprint density at radius 1 is 1.38 bits per heavy atom. The smallest absolute Gasteiger partial charge is 0.243 e. The van der Waals surface area contributed by atoms with Crippen LogP contribution in [0.4, 0.5) is 8.78 Å². The van der Waals surface area contributed by atoms with E-state index >= 15 is 0 Å². The van der Waals surface area contributed by atoms with Gasteiger partial charge in [0, 0.05) is 11.8 Å². The van der Waals surface area contributed by atoms with Gasteiger partial charge in [-0.2, -0.15) is 13.9 Å². The molecule has 0 atom stereocenters. The van der Waals surface area contributed by atoms with Gasteiger partial charge < -0.3 is 0 Å². The maximum Gasteiger partial charge on any atom is 0.333 e. The lowest BCUT2D eigenvalue weighted by Crippen LogP contribution is -1.96. The van der Waals surface area contributed by atoms with E-state index in [1.807, 2.05) is 0 Å². The summed E-state index contributed by atoms with van der Waals surface area (Å²) in [5.41, 5.74) is 1.09. The SMILES string of the molecule is FC(F)n1cc(C2=C[N]C=N2)cn1. The van der Waals surface area contributed by atoms with Crippen LogP contribution in [0.25, 0.3) is 5.70 Å². The molecule has 0 spiro atoms. The molecule has 1 radical (unpaired) electrons. The van der Waals surface area contributed by atoms with Crippen LogP contribution in [0.1, 0.15) is 12.1 Å². The molecule has 0 saturated carbocycles. The molecule has 1 aliphatic heterocycles. The van der Waals surface area contributed by atoms with Crippen molar-refractivity contribution in [2.24, 2.45) is 4.99 Å². The molecule has 6 heteroatoms. The first kappa shape index (κ1) is 7.90. The van der Waals surface area contributed by atoms with Gasteiger partial charge in [0.15, 0.2) is 0 Å². The van der Waals surface area contributed by atoms with Gasteiger partial charge in [-0.3, -0.25) is 0 Å². The first-order valence-corrected chi connectivity index (χ1v) is 3.53. The second-order valence-corrected chi connectivity index (χ2v) is 2.39. The zero-order chi connectivity index (χ0) is 9.26. The lowest BCUT2D eigenvalue weighted by Gasteiger charge is -1.95. The van der Waals surface area contributed by atoms with E-state index in [1.165, 1.54) is 24.9 Å². The summed E-state index contributed by atoms with van der Waals surface area (Å²) in [6.07, 6.45) is 5.41. The number of rotatable bonds is 2. The lowest BCUT2D eigenvalue weighted by molar-refractivity contribution is 0.0566. The van der Waals surface area contributed by atoms with Crippen molar-refractivity contribution < 1.29 is 8.78 Å². The van der Waals surface area contributed by atoms with E-state index in [2.05, 4.69) is 15.4 Å². The normalized spacial score (nSPS) is 14.8. The van der Waals surface area contributed by atoms with Crippen LogP contribution in [0, 0.1) is 0 Å². The standard InChI is InChI=1S/C7H5F2N4/c8-7(9)13-3-5(1-12-13)6-2-10-4-11-6/h1-4,7H. The van der Waals surface area contributed by atoms with E-state index in [0.29, 0.717) is 15.9 Å². The third kappa shape index (κ3) is 1.42. The quantitative estimate of drug-likeness (QED) is 0.679. The highest BCUT2D eigenvalue weighted by Gasteiger charge is 2.11. The van der Waals surface area contributed by atoms with Crippen LogP contribution in [-0.2, 0) is 0 Å². The van der Waals surface area contributed by atoms with Gasteiger partial charge in [0.2, 0.25) is 0 Å². The molecule has 2 rings (SSSR count). The van der Waals surface area contributed by atoms with Crippen LogP contribution in [-0.4, -0.2) is 16.1 Å². The topological polar surface area (TPSA) is 44.3 Å². The fourth-order valence-corrected chi connectivity index (χ4v) is 0.959. The third-order valence-electron chi connectivity index (χ3n) is 1.56. The molecule has 2 heterocycles. The number of halogens is 2. The molecule has 0 bridgehead atoms. The summed E-state index contributed by atoms with van der Waals surface area (Å²) >= 11 is 0. The molecule has 0 fully saturated rings. The molecule has 0 aromatic carbocycles. The van der Waals surface area contributed by atoms with Crippen molar-refractivity contribution in [1.82, 2.24) is 15.1 Å². The first-order chi connectivity index (χ1) is 6.27. The van der Waals surface area contributed by atoms with Crippen LogP contribution < -0.4 is 5.32 Å². The number of alkyl halides is 2. The Hall–Kier alpha value is -1.72. The van der Waals surface area contributed by atoms with Crippen molar-refractivity contribution in [1.29, 1.82) is 0 Å². The zero-order valence-electron chi connectivity index (χ0n) is 6.43. The molecule has 1 aromatic rings. The van der Waals surface area contributed by atoms with Crippen LogP contribution in [0.15, 0.2) is 23.6 Å². The molecule has 0 amide bonds. The summed E-state index contributed by atoms with van der Waals surface area (Å²) in [6.45, 7) is -2.61. The number of hydrogen-bond donors (Lipinski definition) is 0. The number of nitrogens with zero attached hydrogens (tertiary/aromatic N) is 4. The van der Waals surface area contributed by atoms with Gasteiger partial charge in [-0.1, -0.05) is 0 Å². The van der Waals surface area contributed by atoms with Gasteiger partial charge in [0.25, 0.3) is 0 Å². The molecule has 1 aliphatic rings.